The van der Waals surface area contributed by atoms with E-state index in [4.69, 9.17) is 4.74 Å². The second-order valence-corrected chi connectivity index (χ2v) is 8.10. The molecule has 3 rings (SSSR count). The van der Waals surface area contributed by atoms with Gasteiger partial charge in [-0.25, -0.2) is 4.79 Å². The van der Waals surface area contributed by atoms with Crippen LogP contribution in [0.5, 0.6) is 0 Å². The lowest BCUT2D eigenvalue weighted by Gasteiger charge is -2.16. The summed E-state index contributed by atoms with van der Waals surface area (Å²) in [5.41, 5.74) is 3.07. The second-order valence-electron chi connectivity index (χ2n) is 7.00. The van der Waals surface area contributed by atoms with Gasteiger partial charge in [-0.1, -0.05) is 17.7 Å². The molecule has 0 aliphatic heterocycles. The van der Waals surface area contributed by atoms with E-state index in [0.29, 0.717) is 16.3 Å². The van der Waals surface area contributed by atoms with Gasteiger partial charge in [0.1, 0.15) is 5.00 Å². The number of anilines is 2. The summed E-state index contributed by atoms with van der Waals surface area (Å²) in [6.45, 7) is 4.91. The number of benzene rings is 1. The number of thiophene rings is 1. The molecule has 1 aromatic carbocycles. The number of rotatable bonds is 5. The number of aryl methyl sites for hydroxylation is 2. The molecule has 2 N–H and O–H groups in total. The van der Waals surface area contributed by atoms with Crippen LogP contribution in [0.25, 0.3) is 0 Å². The normalized spacial score (nSPS) is 14.0. The minimum absolute atomic E-state index is 0.238. The summed E-state index contributed by atoms with van der Waals surface area (Å²) in [7, 11) is 0. The summed E-state index contributed by atoms with van der Waals surface area (Å²) in [6, 6.07) is 7.38. The van der Waals surface area contributed by atoms with Gasteiger partial charge in [-0.05, 0) is 57.2 Å². The summed E-state index contributed by atoms with van der Waals surface area (Å²) in [6.07, 6.45) is 2.77. The Morgan fingerprint density at radius 3 is 2.43 bits per heavy atom. The van der Waals surface area contributed by atoms with Crippen LogP contribution < -0.4 is 10.6 Å². The van der Waals surface area contributed by atoms with Crippen molar-refractivity contribution in [1.29, 1.82) is 0 Å². The minimum atomic E-state index is -0.960. The monoisotopic (exact) mass is 400 g/mol. The Balaban J connectivity index is 1.74. The SMILES string of the molecule is CC(=O)Nc1sc2c(c1C(=O)OC(C)C(=O)Nc1ccc(C)cc1)CCCC2. The number of ether oxygens (including phenoxy) is 1. The Morgan fingerprint density at radius 1 is 1.07 bits per heavy atom. The maximum absolute atomic E-state index is 12.8. The van der Waals surface area contributed by atoms with Crippen molar-refractivity contribution >= 4 is 39.8 Å². The molecular weight excluding hydrogens is 376 g/mol. The fourth-order valence-electron chi connectivity index (χ4n) is 3.18. The molecule has 0 spiro atoms. The first-order valence-corrected chi connectivity index (χ1v) is 10.2. The highest BCUT2D eigenvalue weighted by Crippen LogP contribution is 2.38. The van der Waals surface area contributed by atoms with Crippen LogP contribution in [0.15, 0.2) is 24.3 Å². The number of nitrogens with one attached hydrogen (secondary N) is 2. The molecule has 148 valence electrons. The lowest BCUT2D eigenvalue weighted by molar-refractivity contribution is -0.123. The maximum Gasteiger partial charge on any atom is 0.342 e. The van der Waals surface area contributed by atoms with Gasteiger partial charge in [-0.15, -0.1) is 11.3 Å². The topological polar surface area (TPSA) is 84.5 Å². The third-order valence-corrected chi connectivity index (χ3v) is 5.84. The first kappa shape index (κ1) is 20.1. The van der Waals surface area contributed by atoms with E-state index in [0.717, 1.165) is 41.7 Å². The van der Waals surface area contributed by atoms with Crippen LogP contribution in [-0.4, -0.2) is 23.9 Å². The molecule has 0 radical (unpaired) electrons. The lowest BCUT2D eigenvalue weighted by atomic mass is 9.95. The van der Waals surface area contributed by atoms with Gasteiger partial charge in [0.15, 0.2) is 6.10 Å². The molecule has 1 aliphatic rings. The fraction of sp³-hybridized carbons (Fsp3) is 0.381. The first-order valence-electron chi connectivity index (χ1n) is 9.35. The van der Waals surface area contributed by atoms with Crippen molar-refractivity contribution in [1.82, 2.24) is 0 Å². The van der Waals surface area contributed by atoms with Crippen LogP contribution >= 0.6 is 11.3 Å². The smallest absolute Gasteiger partial charge is 0.342 e. The Labute approximate surface area is 168 Å². The van der Waals surface area contributed by atoms with Gasteiger partial charge in [-0.3, -0.25) is 9.59 Å². The number of hydrogen-bond donors (Lipinski definition) is 2. The molecule has 1 aromatic heterocycles. The van der Waals surface area contributed by atoms with E-state index < -0.39 is 18.0 Å². The highest BCUT2D eigenvalue weighted by molar-refractivity contribution is 7.17. The maximum atomic E-state index is 12.8. The number of carbonyl (C=O) groups excluding carboxylic acids is 3. The molecule has 2 amide bonds. The number of carbonyl (C=O) groups is 3. The van der Waals surface area contributed by atoms with Gasteiger partial charge in [0.25, 0.3) is 5.91 Å². The van der Waals surface area contributed by atoms with Gasteiger partial charge in [0.2, 0.25) is 5.91 Å². The van der Waals surface area contributed by atoms with Gasteiger partial charge >= 0.3 is 5.97 Å². The zero-order valence-corrected chi connectivity index (χ0v) is 17.1. The summed E-state index contributed by atoms with van der Waals surface area (Å²) in [5.74, 6) is -1.21. The van der Waals surface area contributed by atoms with E-state index >= 15 is 0 Å². The highest BCUT2D eigenvalue weighted by atomic mass is 32.1. The molecular formula is C21H24N2O4S. The van der Waals surface area contributed by atoms with Gasteiger partial charge in [0, 0.05) is 17.5 Å². The Bertz CT molecular complexity index is 902. The molecule has 0 saturated heterocycles. The zero-order chi connectivity index (χ0) is 20.3. The van der Waals surface area contributed by atoms with E-state index in [9.17, 15) is 14.4 Å². The molecule has 0 saturated carbocycles. The Hall–Kier alpha value is -2.67. The van der Waals surface area contributed by atoms with Crippen molar-refractivity contribution < 1.29 is 19.1 Å². The molecule has 0 fully saturated rings. The molecule has 1 atom stereocenters. The number of fused-ring (bicyclic) bond motifs is 1. The minimum Gasteiger partial charge on any atom is -0.449 e. The van der Waals surface area contributed by atoms with E-state index in [1.165, 1.54) is 25.2 Å². The second kappa shape index (κ2) is 8.56. The predicted molar refractivity (Wildman–Crippen MR) is 110 cm³/mol. The molecule has 0 bridgehead atoms. The zero-order valence-electron chi connectivity index (χ0n) is 16.3. The number of amides is 2. The van der Waals surface area contributed by atoms with Gasteiger partial charge in [0.05, 0.1) is 5.56 Å². The van der Waals surface area contributed by atoms with Crippen LogP contribution in [0.3, 0.4) is 0 Å². The van der Waals surface area contributed by atoms with Crippen molar-refractivity contribution in [2.24, 2.45) is 0 Å². The fourth-order valence-corrected chi connectivity index (χ4v) is 4.51. The lowest BCUT2D eigenvalue weighted by Crippen LogP contribution is -2.30. The van der Waals surface area contributed by atoms with E-state index in [1.54, 1.807) is 12.1 Å². The van der Waals surface area contributed by atoms with Crippen molar-refractivity contribution in [2.45, 2.75) is 52.6 Å². The van der Waals surface area contributed by atoms with E-state index in [2.05, 4.69) is 10.6 Å². The number of hydrogen-bond acceptors (Lipinski definition) is 5. The molecule has 2 aromatic rings. The van der Waals surface area contributed by atoms with E-state index in [-0.39, 0.29) is 5.91 Å². The quantitative estimate of drug-likeness (QED) is 0.741. The largest absolute Gasteiger partial charge is 0.449 e. The number of esters is 1. The van der Waals surface area contributed by atoms with Crippen molar-refractivity contribution in [3.63, 3.8) is 0 Å². The first-order chi connectivity index (χ1) is 13.3. The Morgan fingerprint density at radius 2 is 1.75 bits per heavy atom. The molecule has 6 nitrogen and oxygen atoms in total. The predicted octanol–water partition coefficient (Wildman–Crippen LogP) is 4.08. The molecule has 1 heterocycles. The summed E-state index contributed by atoms with van der Waals surface area (Å²) in [5, 5.41) is 5.99. The molecule has 1 unspecified atom stereocenters. The van der Waals surface area contributed by atoms with Gasteiger partial charge < -0.3 is 15.4 Å². The van der Waals surface area contributed by atoms with Crippen LogP contribution in [-0.2, 0) is 27.2 Å². The van der Waals surface area contributed by atoms with Crippen LogP contribution in [0.1, 0.15) is 53.1 Å². The average molecular weight is 401 g/mol. The third-order valence-electron chi connectivity index (χ3n) is 4.64. The van der Waals surface area contributed by atoms with Crippen molar-refractivity contribution in [3.8, 4) is 0 Å². The summed E-state index contributed by atoms with van der Waals surface area (Å²) < 4.78 is 5.45. The standard InChI is InChI=1S/C21H24N2O4S/c1-12-8-10-15(11-9-12)23-19(25)13(2)27-21(26)18-16-6-4-5-7-17(16)28-20(18)22-14(3)24/h8-11,13H,4-7H2,1-3H3,(H,22,24)(H,23,25). The van der Waals surface area contributed by atoms with E-state index in [1.807, 2.05) is 19.1 Å². The molecule has 1 aliphatic carbocycles. The third kappa shape index (κ3) is 4.59. The average Bonchev–Trinajstić information content (AvgIpc) is 3.00. The highest BCUT2D eigenvalue weighted by Gasteiger charge is 2.29. The molecule has 28 heavy (non-hydrogen) atoms. The van der Waals surface area contributed by atoms with Crippen molar-refractivity contribution in [3.05, 3.63) is 45.8 Å². The summed E-state index contributed by atoms with van der Waals surface area (Å²) >= 11 is 1.42. The van der Waals surface area contributed by atoms with Crippen LogP contribution in [0, 0.1) is 6.92 Å². The van der Waals surface area contributed by atoms with Crippen molar-refractivity contribution in [2.75, 3.05) is 10.6 Å². The van der Waals surface area contributed by atoms with Crippen LogP contribution in [0.4, 0.5) is 10.7 Å². The van der Waals surface area contributed by atoms with Gasteiger partial charge in [-0.2, -0.15) is 0 Å². The summed E-state index contributed by atoms with van der Waals surface area (Å²) in [4.78, 5) is 37.9. The molecule has 7 heteroatoms. The van der Waals surface area contributed by atoms with Crippen LogP contribution in [0.2, 0.25) is 0 Å². The Kier molecular flexibility index (Phi) is 6.14.